The highest BCUT2D eigenvalue weighted by atomic mass is 16.6. The topological polar surface area (TPSA) is 66.7 Å². The van der Waals surface area contributed by atoms with E-state index in [9.17, 15) is 5.11 Å². The molecule has 1 aromatic rings. The van der Waals surface area contributed by atoms with Gasteiger partial charge in [-0.3, -0.25) is 0 Å². The van der Waals surface area contributed by atoms with Gasteiger partial charge in [0.15, 0.2) is 11.5 Å². The maximum atomic E-state index is 11.4. The van der Waals surface area contributed by atoms with Crippen LogP contribution in [0.15, 0.2) is 28.4 Å². The van der Waals surface area contributed by atoms with Gasteiger partial charge in [-0.1, -0.05) is 38.7 Å². The van der Waals surface area contributed by atoms with Gasteiger partial charge in [0.2, 0.25) is 0 Å². The first-order valence-corrected chi connectivity index (χ1v) is 11.9. The maximum absolute atomic E-state index is 11.4. The summed E-state index contributed by atoms with van der Waals surface area (Å²) in [4.78, 5) is 2.48. The minimum absolute atomic E-state index is 0.0510. The molecule has 2 unspecified atom stereocenters. The van der Waals surface area contributed by atoms with Crippen LogP contribution in [0.2, 0.25) is 0 Å². The Bertz CT molecular complexity index is 705. The lowest BCUT2D eigenvalue weighted by atomic mass is 9.85. The molecule has 3 aliphatic heterocycles. The van der Waals surface area contributed by atoms with Crippen molar-refractivity contribution < 1.29 is 14.6 Å². The highest BCUT2D eigenvalue weighted by Gasteiger charge is 2.36. The molecule has 1 N–H and O–H groups in total. The SMILES string of the molecule is CCCCCCC1CC([C@H](CN2CCCC2)[C@H](O)c2ccc3c(c2)OCCO3)N=N1. The lowest BCUT2D eigenvalue weighted by Crippen LogP contribution is -2.36. The average molecular weight is 416 g/mol. The maximum Gasteiger partial charge on any atom is 0.161 e. The van der Waals surface area contributed by atoms with Crippen molar-refractivity contribution in [2.24, 2.45) is 16.1 Å². The normalized spacial score (nSPS) is 25.5. The molecule has 1 saturated heterocycles. The van der Waals surface area contributed by atoms with Crippen LogP contribution in [0.4, 0.5) is 0 Å². The van der Waals surface area contributed by atoms with Crippen LogP contribution < -0.4 is 9.47 Å². The molecule has 0 saturated carbocycles. The molecule has 1 fully saturated rings. The van der Waals surface area contributed by atoms with Crippen LogP contribution >= 0.6 is 0 Å². The summed E-state index contributed by atoms with van der Waals surface area (Å²) in [7, 11) is 0. The summed E-state index contributed by atoms with van der Waals surface area (Å²) in [6.45, 7) is 6.49. The van der Waals surface area contributed by atoms with Crippen LogP contribution in [-0.4, -0.2) is 54.9 Å². The Morgan fingerprint density at radius 2 is 1.87 bits per heavy atom. The van der Waals surface area contributed by atoms with Crippen LogP contribution in [0.1, 0.15) is 70.0 Å². The van der Waals surface area contributed by atoms with E-state index in [-0.39, 0.29) is 12.0 Å². The summed E-state index contributed by atoms with van der Waals surface area (Å²) in [5, 5.41) is 20.7. The summed E-state index contributed by atoms with van der Waals surface area (Å²) in [5.41, 5.74) is 0.894. The number of ether oxygens (including phenoxy) is 2. The first-order valence-electron chi connectivity index (χ1n) is 11.9. The predicted molar refractivity (Wildman–Crippen MR) is 117 cm³/mol. The molecular weight excluding hydrogens is 378 g/mol. The number of unbranched alkanes of at least 4 members (excludes halogenated alkanes) is 3. The fourth-order valence-electron chi connectivity index (χ4n) is 4.98. The van der Waals surface area contributed by atoms with Crippen molar-refractivity contribution in [3.05, 3.63) is 23.8 Å². The molecule has 4 rings (SSSR count). The van der Waals surface area contributed by atoms with E-state index in [1.54, 1.807) is 0 Å². The summed E-state index contributed by atoms with van der Waals surface area (Å²) >= 11 is 0. The second kappa shape index (κ2) is 10.6. The Morgan fingerprint density at radius 3 is 2.67 bits per heavy atom. The third-order valence-electron chi connectivity index (χ3n) is 6.76. The molecule has 0 spiro atoms. The molecule has 0 aromatic heterocycles. The van der Waals surface area contributed by atoms with Gasteiger partial charge >= 0.3 is 0 Å². The number of nitrogens with zero attached hydrogens (tertiary/aromatic N) is 3. The summed E-state index contributed by atoms with van der Waals surface area (Å²) in [5.74, 6) is 1.55. The molecule has 0 aliphatic carbocycles. The quantitative estimate of drug-likeness (QED) is 0.559. The van der Waals surface area contributed by atoms with Gasteiger partial charge in [-0.2, -0.15) is 10.2 Å². The smallest absolute Gasteiger partial charge is 0.161 e. The molecular formula is C24H37N3O3. The lowest BCUT2D eigenvalue weighted by Gasteiger charge is -2.31. The monoisotopic (exact) mass is 415 g/mol. The van der Waals surface area contributed by atoms with Crippen LogP contribution in [0.25, 0.3) is 0 Å². The van der Waals surface area contributed by atoms with Crippen LogP contribution in [-0.2, 0) is 0 Å². The molecule has 30 heavy (non-hydrogen) atoms. The largest absolute Gasteiger partial charge is 0.486 e. The Morgan fingerprint density at radius 1 is 1.07 bits per heavy atom. The van der Waals surface area contributed by atoms with Gasteiger partial charge in [0, 0.05) is 12.5 Å². The molecule has 4 atom stereocenters. The highest BCUT2D eigenvalue weighted by Crippen LogP contribution is 2.38. The Kier molecular flexibility index (Phi) is 7.61. The zero-order valence-corrected chi connectivity index (χ0v) is 18.3. The van der Waals surface area contributed by atoms with Crippen molar-refractivity contribution in [1.82, 2.24) is 4.90 Å². The van der Waals surface area contributed by atoms with Gasteiger partial charge in [-0.15, -0.1) is 0 Å². The molecule has 3 aliphatic rings. The summed E-state index contributed by atoms with van der Waals surface area (Å²) in [6, 6.07) is 6.26. The standard InChI is InChI=1S/C24H37N3O3/c1-2-3-4-5-8-19-16-21(26-25-19)20(17-27-11-6-7-12-27)24(28)18-9-10-22-23(15-18)30-14-13-29-22/h9-10,15,19-21,24,28H,2-8,11-14,16-17H2,1H3/t19?,20-,21?,24+/m0/s1. The summed E-state index contributed by atoms with van der Waals surface area (Å²) in [6.07, 6.45) is 9.07. The molecule has 6 nitrogen and oxygen atoms in total. The average Bonchev–Trinajstić information content (AvgIpc) is 3.46. The minimum Gasteiger partial charge on any atom is -0.486 e. The van der Waals surface area contributed by atoms with E-state index in [4.69, 9.17) is 9.47 Å². The third-order valence-corrected chi connectivity index (χ3v) is 6.76. The second-order valence-corrected chi connectivity index (χ2v) is 9.06. The van der Waals surface area contributed by atoms with E-state index < -0.39 is 6.10 Å². The number of benzene rings is 1. The van der Waals surface area contributed by atoms with Crippen LogP contribution in [0.5, 0.6) is 11.5 Å². The zero-order chi connectivity index (χ0) is 20.8. The van der Waals surface area contributed by atoms with Crippen LogP contribution in [0.3, 0.4) is 0 Å². The Balaban J connectivity index is 1.44. The molecule has 6 heteroatoms. The van der Waals surface area contributed by atoms with E-state index in [1.165, 1.54) is 38.5 Å². The van der Waals surface area contributed by atoms with Crippen LogP contribution in [0, 0.1) is 5.92 Å². The van der Waals surface area contributed by atoms with Gasteiger partial charge in [0.1, 0.15) is 13.2 Å². The number of aliphatic hydroxyl groups is 1. The van der Waals surface area contributed by atoms with Gasteiger partial charge in [-0.25, -0.2) is 0 Å². The van der Waals surface area contributed by atoms with Gasteiger partial charge < -0.3 is 19.5 Å². The second-order valence-electron chi connectivity index (χ2n) is 9.06. The number of azo groups is 1. The van der Waals surface area contributed by atoms with E-state index in [0.29, 0.717) is 19.3 Å². The Labute approximate surface area is 180 Å². The Hall–Kier alpha value is -1.66. The first-order chi connectivity index (χ1) is 14.7. The van der Waals surface area contributed by atoms with Gasteiger partial charge in [0.05, 0.1) is 18.2 Å². The van der Waals surface area contributed by atoms with E-state index in [0.717, 1.165) is 49.5 Å². The molecule has 0 radical (unpaired) electrons. The fourth-order valence-corrected chi connectivity index (χ4v) is 4.98. The van der Waals surface area contributed by atoms with Crippen molar-refractivity contribution in [3.63, 3.8) is 0 Å². The van der Waals surface area contributed by atoms with Crippen molar-refractivity contribution >= 4 is 0 Å². The highest BCUT2D eigenvalue weighted by molar-refractivity contribution is 5.44. The fraction of sp³-hybridized carbons (Fsp3) is 0.750. The summed E-state index contributed by atoms with van der Waals surface area (Å²) < 4.78 is 11.4. The van der Waals surface area contributed by atoms with Crippen molar-refractivity contribution in [1.29, 1.82) is 0 Å². The minimum atomic E-state index is -0.579. The lowest BCUT2D eigenvalue weighted by molar-refractivity contribution is 0.0688. The number of fused-ring (bicyclic) bond motifs is 1. The number of likely N-dealkylation sites (tertiary alicyclic amines) is 1. The third kappa shape index (κ3) is 5.33. The number of aliphatic hydroxyl groups excluding tert-OH is 1. The molecule has 166 valence electrons. The molecule has 1 aromatic carbocycles. The van der Waals surface area contributed by atoms with E-state index in [1.807, 2.05) is 18.2 Å². The van der Waals surface area contributed by atoms with E-state index >= 15 is 0 Å². The predicted octanol–water partition coefficient (Wildman–Crippen LogP) is 4.77. The van der Waals surface area contributed by atoms with Crippen molar-refractivity contribution in [3.8, 4) is 11.5 Å². The van der Waals surface area contributed by atoms with E-state index in [2.05, 4.69) is 22.1 Å². The number of rotatable bonds is 10. The molecule has 0 bridgehead atoms. The van der Waals surface area contributed by atoms with Gasteiger partial charge in [0.25, 0.3) is 0 Å². The van der Waals surface area contributed by atoms with Crippen molar-refractivity contribution in [2.75, 3.05) is 32.8 Å². The molecule has 0 amide bonds. The number of hydrogen-bond donors (Lipinski definition) is 1. The first kappa shape index (κ1) is 21.6. The number of hydrogen-bond acceptors (Lipinski definition) is 6. The molecule has 3 heterocycles. The zero-order valence-electron chi connectivity index (χ0n) is 18.3. The van der Waals surface area contributed by atoms with Crippen molar-refractivity contribution in [2.45, 2.75) is 76.5 Å². The van der Waals surface area contributed by atoms with Gasteiger partial charge in [-0.05, 0) is 56.5 Å².